The molecule has 4 nitrogen and oxygen atoms in total. The average molecular weight is 433 g/mol. The van der Waals surface area contributed by atoms with Crippen LogP contribution in [-0.4, -0.2) is 5.97 Å². The fourth-order valence-corrected chi connectivity index (χ4v) is 3.45. The van der Waals surface area contributed by atoms with Crippen molar-refractivity contribution in [2.24, 2.45) is 0 Å². The SMILES string of the molecule is CC(C)(C)c1ccc(-c2oc3ccc(Cl)cc3c(=O)c2OC(=O)c2ccccc2)cc1. The number of rotatable bonds is 3. The van der Waals surface area contributed by atoms with Crippen LogP contribution >= 0.6 is 11.6 Å². The highest BCUT2D eigenvalue weighted by Crippen LogP contribution is 2.33. The summed E-state index contributed by atoms with van der Waals surface area (Å²) < 4.78 is 11.6. The van der Waals surface area contributed by atoms with Gasteiger partial charge in [-0.3, -0.25) is 4.79 Å². The van der Waals surface area contributed by atoms with Crippen LogP contribution in [0.3, 0.4) is 0 Å². The Morgan fingerprint density at radius 2 is 1.61 bits per heavy atom. The molecule has 4 aromatic rings. The fraction of sp³-hybridized carbons (Fsp3) is 0.154. The van der Waals surface area contributed by atoms with E-state index < -0.39 is 11.4 Å². The molecule has 0 amide bonds. The third-order valence-electron chi connectivity index (χ3n) is 5.03. The molecule has 31 heavy (non-hydrogen) atoms. The lowest BCUT2D eigenvalue weighted by atomic mass is 9.86. The van der Waals surface area contributed by atoms with Crippen LogP contribution in [-0.2, 0) is 5.41 Å². The van der Waals surface area contributed by atoms with Crippen molar-refractivity contribution in [3.8, 4) is 17.1 Å². The van der Waals surface area contributed by atoms with Crippen molar-refractivity contribution in [1.82, 2.24) is 0 Å². The smallest absolute Gasteiger partial charge is 0.343 e. The van der Waals surface area contributed by atoms with E-state index >= 15 is 0 Å². The normalized spacial score (nSPS) is 11.5. The van der Waals surface area contributed by atoms with Crippen molar-refractivity contribution < 1.29 is 13.9 Å². The van der Waals surface area contributed by atoms with Gasteiger partial charge in [0.15, 0.2) is 5.76 Å². The fourth-order valence-electron chi connectivity index (χ4n) is 3.28. The standard InChI is InChI=1S/C26H21ClO4/c1-26(2,3)18-11-9-16(10-12-18)23-24(31-25(29)17-7-5-4-6-8-17)22(28)20-15-19(27)13-14-21(20)30-23/h4-15H,1-3H3. The average Bonchev–Trinajstić information content (AvgIpc) is 2.76. The second kappa shape index (κ2) is 8.05. The van der Waals surface area contributed by atoms with Crippen molar-refractivity contribution in [2.75, 3.05) is 0 Å². The van der Waals surface area contributed by atoms with E-state index in [-0.39, 0.29) is 22.3 Å². The quantitative estimate of drug-likeness (QED) is 0.341. The van der Waals surface area contributed by atoms with E-state index in [1.807, 2.05) is 24.3 Å². The van der Waals surface area contributed by atoms with Gasteiger partial charge in [-0.15, -0.1) is 0 Å². The Morgan fingerprint density at radius 1 is 0.935 bits per heavy atom. The molecule has 0 unspecified atom stereocenters. The van der Waals surface area contributed by atoms with Gasteiger partial charge in [0, 0.05) is 10.6 Å². The molecule has 0 saturated heterocycles. The van der Waals surface area contributed by atoms with Crippen molar-refractivity contribution in [3.63, 3.8) is 0 Å². The number of carbonyl (C=O) groups excluding carboxylic acids is 1. The summed E-state index contributed by atoms with van der Waals surface area (Å²) in [5.74, 6) is -0.599. The molecule has 0 aliphatic rings. The lowest BCUT2D eigenvalue weighted by molar-refractivity contribution is 0.0731. The minimum Gasteiger partial charge on any atom is -0.452 e. The lowest BCUT2D eigenvalue weighted by Gasteiger charge is -2.19. The second-order valence-electron chi connectivity index (χ2n) is 8.31. The summed E-state index contributed by atoms with van der Waals surface area (Å²) in [4.78, 5) is 26.0. The molecule has 0 aliphatic carbocycles. The first-order chi connectivity index (χ1) is 14.7. The Bertz CT molecular complexity index is 1310. The highest BCUT2D eigenvalue weighted by Gasteiger charge is 2.22. The highest BCUT2D eigenvalue weighted by molar-refractivity contribution is 6.31. The Kier molecular flexibility index (Phi) is 5.42. The number of hydrogen-bond acceptors (Lipinski definition) is 4. The summed E-state index contributed by atoms with van der Waals surface area (Å²) in [6, 6.07) is 21.0. The number of hydrogen-bond donors (Lipinski definition) is 0. The summed E-state index contributed by atoms with van der Waals surface area (Å²) >= 11 is 6.07. The molecule has 4 rings (SSSR count). The van der Waals surface area contributed by atoms with E-state index in [4.69, 9.17) is 20.8 Å². The topological polar surface area (TPSA) is 56.5 Å². The number of fused-ring (bicyclic) bond motifs is 1. The van der Waals surface area contributed by atoms with Gasteiger partial charge in [-0.2, -0.15) is 0 Å². The van der Waals surface area contributed by atoms with Crippen LogP contribution in [0.5, 0.6) is 5.75 Å². The molecule has 156 valence electrons. The van der Waals surface area contributed by atoms with E-state index in [1.54, 1.807) is 42.5 Å². The molecule has 1 aromatic heterocycles. The number of esters is 1. The molecule has 0 bridgehead atoms. The molecule has 1 heterocycles. The van der Waals surface area contributed by atoms with Gasteiger partial charge in [0.05, 0.1) is 10.9 Å². The van der Waals surface area contributed by atoms with Crippen LogP contribution in [0.2, 0.25) is 5.02 Å². The molecule has 0 N–H and O–H groups in total. The van der Waals surface area contributed by atoms with Crippen LogP contribution in [0.1, 0.15) is 36.7 Å². The van der Waals surface area contributed by atoms with Gasteiger partial charge in [-0.05, 0) is 41.3 Å². The maximum atomic E-state index is 13.3. The van der Waals surface area contributed by atoms with Gasteiger partial charge in [0.2, 0.25) is 11.2 Å². The molecule has 0 fully saturated rings. The van der Waals surface area contributed by atoms with E-state index in [0.29, 0.717) is 21.7 Å². The largest absolute Gasteiger partial charge is 0.452 e. The van der Waals surface area contributed by atoms with Crippen LogP contribution < -0.4 is 10.2 Å². The molecule has 0 radical (unpaired) electrons. The zero-order chi connectivity index (χ0) is 22.2. The summed E-state index contributed by atoms with van der Waals surface area (Å²) in [5.41, 5.74) is 1.99. The van der Waals surface area contributed by atoms with Crippen LogP contribution in [0.4, 0.5) is 0 Å². The molecule has 3 aromatic carbocycles. The van der Waals surface area contributed by atoms with Gasteiger partial charge in [0.25, 0.3) is 0 Å². The summed E-state index contributed by atoms with van der Waals surface area (Å²) in [6.07, 6.45) is 0. The number of carbonyl (C=O) groups is 1. The first kappa shape index (κ1) is 20.9. The van der Waals surface area contributed by atoms with Gasteiger partial charge in [0.1, 0.15) is 5.58 Å². The maximum Gasteiger partial charge on any atom is 0.343 e. The van der Waals surface area contributed by atoms with E-state index in [0.717, 1.165) is 5.56 Å². The predicted molar refractivity (Wildman–Crippen MR) is 123 cm³/mol. The van der Waals surface area contributed by atoms with E-state index in [9.17, 15) is 9.59 Å². The number of ether oxygens (including phenoxy) is 1. The summed E-state index contributed by atoms with van der Waals surface area (Å²) in [5, 5.41) is 0.640. The zero-order valence-corrected chi connectivity index (χ0v) is 18.2. The molecule has 0 saturated carbocycles. The molecular weight excluding hydrogens is 412 g/mol. The summed E-state index contributed by atoms with van der Waals surface area (Å²) in [7, 11) is 0. The van der Waals surface area contributed by atoms with Crippen LogP contribution in [0, 0.1) is 0 Å². The molecule has 0 atom stereocenters. The van der Waals surface area contributed by atoms with Gasteiger partial charge < -0.3 is 9.15 Å². The molecular formula is C26H21ClO4. The number of halogens is 1. The van der Waals surface area contributed by atoms with Crippen molar-refractivity contribution in [1.29, 1.82) is 0 Å². The van der Waals surface area contributed by atoms with Crippen LogP contribution in [0.25, 0.3) is 22.3 Å². The predicted octanol–water partition coefficient (Wildman–Crippen LogP) is 6.63. The molecule has 5 heteroatoms. The van der Waals surface area contributed by atoms with Crippen LogP contribution in [0.15, 0.2) is 82.0 Å². The second-order valence-corrected chi connectivity index (χ2v) is 8.75. The van der Waals surface area contributed by atoms with E-state index in [1.165, 1.54) is 6.07 Å². The monoisotopic (exact) mass is 432 g/mol. The van der Waals surface area contributed by atoms with Crippen molar-refractivity contribution >= 4 is 28.5 Å². The molecule has 0 aliphatic heterocycles. The minimum atomic E-state index is -0.637. The number of benzene rings is 3. The third-order valence-corrected chi connectivity index (χ3v) is 5.26. The Morgan fingerprint density at radius 3 is 2.26 bits per heavy atom. The zero-order valence-electron chi connectivity index (χ0n) is 17.4. The maximum absolute atomic E-state index is 13.3. The molecule has 0 spiro atoms. The highest BCUT2D eigenvalue weighted by atomic mass is 35.5. The third kappa shape index (κ3) is 4.25. The minimum absolute atomic E-state index is 0.0257. The first-order valence-electron chi connectivity index (χ1n) is 9.88. The lowest BCUT2D eigenvalue weighted by Crippen LogP contribution is -2.16. The summed E-state index contributed by atoms with van der Waals surface area (Å²) in [6.45, 7) is 6.36. The van der Waals surface area contributed by atoms with E-state index in [2.05, 4.69) is 20.8 Å². The van der Waals surface area contributed by atoms with Crippen molar-refractivity contribution in [3.05, 3.63) is 99.2 Å². The van der Waals surface area contributed by atoms with Crippen molar-refractivity contribution in [2.45, 2.75) is 26.2 Å². The Labute approximate surface area is 185 Å². The van der Waals surface area contributed by atoms with Gasteiger partial charge >= 0.3 is 5.97 Å². The van der Waals surface area contributed by atoms with Gasteiger partial charge in [-0.1, -0.05) is 74.8 Å². The van der Waals surface area contributed by atoms with Gasteiger partial charge in [-0.25, -0.2) is 4.79 Å². The Balaban J connectivity index is 1.89. The first-order valence-corrected chi connectivity index (χ1v) is 10.3. The Hall–Kier alpha value is -3.37.